The first-order valence-corrected chi connectivity index (χ1v) is 16.0. The number of rotatable bonds is 12. The van der Waals surface area contributed by atoms with Crippen LogP contribution < -0.4 is 9.62 Å². The highest BCUT2D eigenvalue weighted by atomic mass is 35.5. The van der Waals surface area contributed by atoms with Crippen LogP contribution in [0.1, 0.15) is 25.0 Å². The van der Waals surface area contributed by atoms with E-state index in [1.165, 1.54) is 23.1 Å². The van der Waals surface area contributed by atoms with Gasteiger partial charge in [0.15, 0.2) is 0 Å². The summed E-state index contributed by atoms with van der Waals surface area (Å²) >= 11 is 12.8. The van der Waals surface area contributed by atoms with E-state index >= 15 is 0 Å². The molecule has 0 fully saturated rings. The standard InChI is InChI=1S/C33H33Cl2N3O4S/c1-24(2)36-33(40)31(20-25-12-5-3-6-13-25)37(22-26-14-9-10-19-30(26)35)32(39)23-38(28-16-11-15-27(34)21-28)43(41,42)29-17-7-4-8-18-29/h3-19,21,24,31H,20,22-23H2,1-2H3,(H,36,40)/t31-/m1/s1. The number of halogens is 2. The summed E-state index contributed by atoms with van der Waals surface area (Å²) in [5, 5.41) is 3.66. The van der Waals surface area contributed by atoms with Crippen molar-refractivity contribution in [2.24, 2.45) is 0 Å². The summed E-state index contributed by atoms with van der Waals surface area (Å²) in [5.74, 6) is -0.946. The molecule has 0 saturated heterocycles. The van der Waals surface area contributed by atoms with Crippen LogP contribution in [0, 0.1) is 0 Å². The number of sulfonamides is 1. The summed E-state index contributed by atoms with van der Waals surface area (Å²) in [6.45, 7) is 3.08. The second-order valence-corrected chi connectivity index (χ2v) is 13.0. The molecule has 4 aromatic carbocycles. The molecule has 0 aliphatic heterocycles. The lowest BCUT2D eigenvalue weighted by molar-refractivity contribution is -0.140. The van der Waals surface area contributed by atoms with Crippen molar-refractivity contribution in [1.29, 1.82) is 0 Å². The van der Waals surface area contributed by atoms with E-state index in [9.17, 15) is 18.0 Å². The maximum atomic E-state index is 14.4. The Hall–Kier alpha value is -3.85. The minimum atomic E-state index is -4.20. The maximum Gasteiger partial charge on any atom is 0.264 e. The summed E-state index contributed by atoms with van der Waals surface area (Å²) in [5.41, 5.74) is 1.67. The van der Waals surface area contributed by atoms with Gasteiger partial charge in [0.05, 0.1) is 10.6 Å². The Morgan fingerprint density at radius 1 is 0.814 bits per heavy atom. The fraction of sp³-hybridized carbons (Fsp3) is 0.212. The van der Waals surface area contributed by atoms with Gasteiger partial charge in [0.2, 0.25) is 11.8 Å². The summed E-state index contributed by atoms with van der Waals surface area (Å²) in [4.78, 5) is 29.5. The minimum absolute atomic E-state index is 0.0128. The van der Waals surface area contributed by atoms with E-state index in [-0.39, 0.29) is 35.5 Å². The lowest BCUT2D eigenvalue weighted by Gasteiger charge is -2.34. The van der Waals surface area contributed by atoms with Crippen molar-refractivity contribution in [3.63, 3.8) is 0 Å². The molecular formula is C33H33Cl2N3O4S. The molecule has 0 aliphatic rings. The third-order valence-electron chi connectivity index (χ3n) is 6.71. The van der Waals surface area contributed by atoms with Crippen LogP contribution in [-0.2, 0) is 32.6 Å². The summed E-state index contributed by atoms with van der Waals surface area (Å²) in [6.07, 6.45) is 0.207. The number of carbonyl (C=O) groups is 2. The number of nitrogens with zero attached hydrogens (tertiary/aromatic N) is 2. The summed E-state index contributed by atoms with van der Waals surface area (Å²) in [7, 11) is -4.20. The van der Waals surface area contributed by atoms with Crippen LogP contribution in [0.3, 0.4) is 0 Å². The Balaban J connectivity index is 1.81. The highest BCUT2D eigenvalue weighted by molar-refractivity contribution is 7.92. The fourth-order valence-electron chi connectivity index (χ4n) is 4.62. The average Bonchev–Trinajstić information content (AvgIpc) is 2.99. The second-order valence-electron chi connectivity index (χ2n) is 10.3. The Morgan fingerprint density at radius 3 is 2.07 bits per heavy atom. The number of hydrogen-bond acceptors (Lipinski definition) is 4. The van der Waals surface area contributed by atoms with E-state index < -0.39 is 28.5 Å². The number of carbonyl (C=O) groups excluding carboxylic acids is 2. The third-order valence-corrected chi connectivity index (χ3v) is 9.10. The average molecular weight is 639 g/mol. The van der Waals surface area contributed by atoms with Crippen molar-refractivity contribution < 1.29 is 18.0 Å². The molecule has 1 N–H and O–H groups in total. The van der Waals surface area contributed by atoms with Gasteiger partial charge in [0.1, 0.15) is 12.6 Å². The predicted molar refractivity (Wildman–Crippen MR) is 172 cm³/mol. The third kappa shape index (κ3) is 8.38. The quantitative estimate of drug-likeness (QED) is 0.196. The van der Waals surface area contributed by atoms with Gasteiger partial charge in [-0.1, -0.05) is 96.0 Å². The largest absolute Gasteiger partial charge is 0.352 e. The van der Waals surface area contributed by atoms with Crippen LogP contribution in [0.5, 0.6) is 0 Å². The molecule has 10 heteroatoms. The van der Waals surface area contributed by atoms with Gasteiger partial charge in [0.25, 0.3) is 10.0 Å². The van der Waals surface area contributed by atoms with Gasteiger partial charge in [-0.15, -0.1) is 0 Å². The van der Waals surface area contributed by atoms with Crippen LogP contribution in [0.2, 0.25) is 10.0 Å². The van der Waals surface area contributed by atoms with E-state index in [1.54, 1.807) is 60.7 Å². The Kier molecular flexibility index (Phi) is 10.9. The lowest BCUT2D eigenvalue weighted by atomic mass is 10.0. The summed E-state index contributed by atoms with van der Waals surface area (Å²) < 4.78 is 29.0. The Morgan fingerprint density at radius 2 is 1.44 bits per heavy atom. The molecule has 43 heavy (non-hydrogen) atoms. The molecular weight excluding hydrogens is 605 g/mol. The van der Waals surface area contributed by atoms with Crippen molar-refractivity contribution in [2.45, 2.75) is 43.8 Å². The van der Waals surface area contributed by atoms with Gasteiger partial charge in [-0.25, -0.2) is 8.42 Å². The lowest BCUT2D eigenvalue weighted by Crippen LogP contribution is -2.54. The highest BCUT2D eigenvalue weighted by Gasteiger charge is 2.35. The summed E-state index contributed by atoms with van der Waals surface area (Å²) in [6, 6.07) is 29.4. The molecule has 0 aliphatic carbocycles. The molecule has 0 saturated carbocycles. The van der Waals surface area contributed by atoms with Crippen LogP contribution in [0.4, 0.5) is 5.69 Å². The molecule has 1 atom stereocenters. The fourth-order valence-corrected chi connectivity index (χ4v) is 6.43. The van der Waals surface area contributed by atoms with E-state index in [1.807, 2.05) is 44.2 Å². The van der Waals surface area contributed by atoms with Crippen molar-refractivity contribution >= 4 is 50.7 Å². The van der Waals surface area contributed by atoms with E-state index in [0.29, 0.717) is 15.6 Å². The van der Waals surface area contributed by atoms with Crippen molar-refractivity contribution in [2.75, 3.05) is 10.8 Å². The minimum Gasteiger partial charge on any atom is -0.352 e. The van der Waals surface area contributed by atoms with Crippen molar-refractivity contribution in [3.05, 3.63) is 130 Å². The zero-order chi connectivity index (χ0) is 31.0. The topological polar surface area (TPSA) is 86.8 Å². The smallest absolute Gasteiger partial charge is 0.264 e. The predicted octanol–water partition coefficient (Wildman–Crippen LogP) is 6.35. The van der Waals surface area contributed by atoms with Gasteiger partial charge >= 0.3 is 0 Å². The number of anilines is 1. The molecule has 224 valence electrons. The van der Waals surface area contributed by atoms with Gasteiger partial charge in [-0.2, -0.15) is 0 Å². The maximum absolute atomic E-state index is 14.4. The molecule has 0 heterocycles. The molecule has 0 bridgehead atoms. The molecule has 7 nitrogen and oxygen atoms in total. The van der Waals surface area contributed by atoms with Gasteiger partial charge in [-0.05, 0) is 61.4 Å². The van der Waals surface area contributed by atoms with Gasteiger partial charge < -0.3 is 10.2 Å². The Labute approximate surface area is 263 Å². The first-order valence-electron chi connectivity index (χ1n) is 13.8. The first-order chi connectivity index (χ1) is 20.6. The number of nitrogens with one attached hydrogen (secondary N) is 1. The molecule has 4 rings (SSSR count). The zero-order valence-electron chi connectivity index (χ0n) is 23.9. The monoisotopic (exact) mass is 637 g/mol. The van der Waals surface area contributed by atoms with Crippen molar-refractivity contribution in [1.82, 2.24) is 10.2 Å². The molecule has 4 aromatic rings. The van der Waals surface area contributed by atoms with E-state index in [0.717, 1.165) is 9.87 Å². The molecule has 0 unspecified atom stereocenters. The number of amides is 2. The molecule has 0 aromatic heterocycles. The first kappa shape index (κ1) is 32.1. The second kappa shape index (κ2) is 14.6. The number of benzene rings is 4. The van der Waals surface area contributed by atoms with Gasteiger partial charge in [-0.3, -0.25) is 13.9 Å². The van der Waals surface area contributed by atoms with E-state index in [2.05, 4.69) is 5.32 Å². The zero-order valence-corrected chi connectivity index (χ0v) is 26.2. The Bertz CT molecular complexity index is 1650. The van der Waals surface area contributed by atoms with Gasteiger partial charge in [0, 0.05) is 29.1 Å². The van der Waals surface area contributed by atoms with E-state index in [4.69, 9.17) is 23.2 Å². The van der Waals surface area contributed by atoms with Crippen LogP contribution >= 0.6 is 23.2 Å². The van der Waals surface area contributed by atoms with Crippen LogP contribution in [0.15, 0.2) is 114 Å². The van der Waals surface area contributed by atoms with Crippen molar-refractivity contribution in [3.8, 4) is 0 Å². The number of hydrogen-bond donors (Lipinski definition) is 1. The van der Waals surface area contributed by atoms with Crippen LogP contribution in [0.25, 0.3) is 0 Å². The molecule has 2 amide bonds. The molecule has 0 radical (unpaired) electrons. The normalized spacial score (nSPS) is 12.0. The SMILES string of the molecule is CC(C)NC(=O)[C@@H](Cc1ccccc1)N(Cc1ccccc1Cl)C(=O)CN(c1cccc(Cl)c1)S(=O)(=O)c1ccccc1. The highest BCUT2D eigenvalue weighted by Crippen LogP contribution is 2.27. The van der Waals surface area contributed by atoms with Crippen LogP contribution in [-0.4, -0.2) is 43.8 Å². The molecule has 0 spiro atoms.